The fraction of sp³-hybridized carbons (Fsp3) is 0.600. The molecule has 25 heavy (non-hydrogen) atoms. The molecule has 0 unspecified atom stereocenters. The Morgan fingerprint density at radius 2 is 1.40 bits per heavy atom. The van der Waals surface area contributed by atoms with Crippen LogP contribution in [0.2, 0.25) is 0 Å². The number of rotatable bonds is 5. The van der Waals surface area contributed by atoms with Crippen molar-refractivity contribution < 1.29 is 24.9 Å². The molecule has 1 aliphatic carbocycles. The number of carbonyl (C=O) groups is 2. The third kappa shape index (κ3) is 5.73. The van der Waals surface area contributed by atoms with Crippen LogP contribution in [0.25, 0.3) is 0 Å². The van der Waals surface area contributed by atoms with Crippen LogP contribution < -0.4 is 0 Å². The zero-order chi connectivity index (χ0) is 19.0. The van der Waals surface area contributed by atoms with Crippen LogP contribution in [0.4, 0.5) is 0 Å². The standard InChI is InChI=1S/C14H16O2.C6H14O3/c1-9-4-3-5-10(2)14(9)11-6-12(15)8-13(16)7-11;1-2-6(3-7,4-8)5-9/h3-5,11H,6-8H2,1-2H3;7-9H,2-5H2,1H3. The van der Waals surface area contributed by atoms with Crippen molar-refractivity contribution in [1.29, 1.82) is 0 Å². The summed E-state index contributed by atoms with van der Waals surface area (Å²) >= 11 is 0. The third-order valence-corrected chi connectivity index (χ3v) is 5.05. The highest BCUT2D eigenvalue weighted by molar-refractivity contribution is 6.02. The first-order valence-electron chi connectivity index (χ1n) is 8.74. The van der Waals surface area contributed by atoms with Gasteiger partial charge in [0.2, 0.25) is 0 Å². The maximum atomic E-state index is 11.5. The maximum Gasteiger partial charge on any atom is 0.140 e. The average molecular weight is 350 g/mol. The first kappa shape index (κ1) is 21.5. The van der Waals surface area contributed by atoms with Crippen LogP contribution in [0.5, 0.6) is 0 Å². The molecular weight excluding hydrogens is 320 g/mol. The van der Waals surface area contributed by atoms with Gasteiger partial charge < -0.3 is 15.3 Å². The van der Waals surface area contributed by atoms with Crippen LogP contribution in [-0.2, 0) is 9.59 Å². The number of aliphatic hydroxyl groups excluding tert-OH is 3. The predicted octanol–water partition coefficient (Wildman–Crippen LogP) is 2.07. The van der Waals surface area contributed by atoms with Crippen molar-refractivity contribution in [3.8, 4) is 0 Å². The molecule has 3 N–H and O–H groups in total. The second-order valence-corrected chi connectivity index (χ2v) is 6.99. The summed E-state index contributed by atoms with van der Waals surface area (Å²) in [5.41, 5.74) is 2.91. The summed E-state index contributed by atoms with van der Waals surface area (Å²) in [6.45, 7) is 5.45. The van der Waals surface area contributed by atoms with Crippen LogP contribution in [0.3, 0.4) is 0 Å². The molecule has 1 aliphatic rings. The molecule has 5 nitrogen and oxygen atoms in total. The topological polar surface area (TPSA) is 94.8 Å². The summed E-state index contributed by atoms with van der Waals surface area (Å²) in [7, 11) is 0. The molecular formula is C20H30O5. The van der Waals surface area contributed by atoms with Gasteiger partial charge in [-0.2, -0.15) is 0 Å². The van der Waals surface area contributed by atoms with E-state index < -0.39 is 5.41 Å². The Labute approximate surface area is 149 Å². The first-order valence-corrected chi connectivity index (χ1v) is 8.74. The van der Waals surface area contributed by atoms with Crippen LogP contribution in [-0.4, -0.2) is 46.7 Å². The lowest BCUT2D eigenvalue weighted by molar-refractivity contribution is -0.130. The van der Waals surface area contributed by atoms with Gasteiger partial charge in [-0.05, 0) is 42.9 Å². The van der Waals surface area contributed by atoms with Crippen LogP contribution in [0.1, 0.15) is 55.2 Å². The normalized spacial score (nSPS) is 15.8. The second kappa shape index (κ2) is 9.80. The number of hydrogen-bond acceptors (Lipinski definition) is 5. The van der Waals surface area contributed by atoms with Gasteiger partial charge in [0.15, 0.2) is 0 Å². The summed E-state index contributed by atoms with van der Waals surface area (Å²) in [6.07, 6.45) is 1.78. The van der Waals surface area contributed by atoms with Gasteiger partial charge in [-0.3, -0.25) is 9.59 Å². The van der Waals surface area contributed by atoms with Crippen molar-refractivity contribution in [1.82, 2.24) is 0 Å². The largest absolute Gasteiger partial charge is 0.396 e. The SMILES string of the molecule is CCC(CO)(CO)CO.Cc1cccc(C)c1C1CC(=O)CC(=O)C1. The number of benzene rings is 1. The van der Waals surface area contributed by atoms with E-state index in [2.05, 4.69) is 0 Å². The van der Waals surface area contributed by atoms with Crippen molar-refractivity contribution in [3.63, 3.8) is 0 Å². The molecule has 0 aromatic heterocycles. The number of aryl methyl sites for hydroxylation is 2. The van der Waals surface area contributed by atoms with Gasteiger partial charge in [-0.1, -0.05) is 25.1 Å². The molecule has 1 fully saturated rings. The smallest absolute Gasteiger partial charge is 0.140 e. The Kier molecular flexibility index (Phi) is 8.42. The molecule has 5 heteroatoms. The molecule has 0 spiro atoms. The molecule has 0 heterocycles. The van der Waals surface area contributed by atoms with Gasteiger partial charge in [-0.25, -0.2) is 0 Å². The molecule has 1 saturated carbocycles. The first-order chi connectivity index (χ1) is 11.8. The molecule has 0 radical (unpaired) electrons. The van der Waals surface area contributed by atoms with E-state index in [0.717, 1.165) is 0 Å². The maximum absolute atomic E-state index is 11.5. The minimum Gasteiger partial charge on any atom is -0.396 e. The van der Waals surface area contributed by atoms with Crippen LogP contribution in [0, 0.1) is 19.3 Å². The molecule has 0 bridgehead atoms. The molecule has 1 aromatic carbocycles. The molecule has 2 rings (SSSR count). The van der Waals surface area contributed by atoms with Gasteiger partial charge in [0.25, 0.3) is 0 Å². The Balaban J connectivity index is 0.000000299. The second-order valence-electron chi connectivity index (χ2n) is 6.99. The highest BCUT2D eigenvalue weighted by atomic mass is 16.3. The lowest BCUT2D eigenvalue weighted by Crippen LogP contribution is -2.32. The Morgan fingerprint density at radius 3 is 1.72 bits per heavy atom. The summed E-state index contributed by atoms with van der Waals surface area (Å²) < 4.78 is 0. The molecule has 0 atom stereocenters. The van der Waals surface area contributed by atoms with Gasteiger partial charge in [0, 0.05) is 18.3 Å². The van der Waals surface area contributed by atoms with E-state index in [0.29, 0.717) is 19.3 Å². The van der Waals surface area contributed by atoms with Crippen LogP contribution in [0.15, 0.2) is 18.2 Å². The molecule has 0 saturated heterocycles. The lowest BCUT2D eigenvalue weighted by atomic mass is 9.79. The van der Waals surface area contributed by atoms with Gasteiger partial charge in [0.1, 0.15) is 11.6 Å². The van der Waals surface area contributed by atoms with Crippen molar-refractivity contribution >= 4 is 11.6 Å². The highest BCUT2D eigenvalue weighted by Crippen LogP contribution is 2.33. The number of hydrogen-bond donors (Lipinski definition) is 3. The Morgan fingerprint density at radius 1 is 0.960 bits per heavy atom. The minimum atomic E-state index is -0.667. The number of carbonyl (C=O) groups excluding carboxylic acids is 2. The van der Waals surface area contributed by atoms with E-state index in [1.165, 1.54) is 16.7 Å². The minimum absolute atomic E-state index is 0.0869. The quantitative estimate of drug-likeness (QED) is 0.707. The number of ketones is 2. The van der Waals surface area contributed by atoms with E-state index in [1.54, 1.807) is 0 Å². The van der Waals surface area contributed by atoms with E-state index in [9.17, 15) is 9.59 Å². The molecule has 0 aliphatic heterocycles. The number of Topliss-reactive ketones (excluding diaryl/α,β-unsaturated/α-hetero) is 2. The summed E-state index contributed by atoms with van der Waals surface area (Å²) in [6, 6.07) is 6.11. The van der Waals surface area contributed by atoms with Gasteiger partial charge >= 0.3 is 0 Å². The molecule has 0 amide bonds. The van der Waals surface area contributed by atoms with Crippen molar-refractivity contribution in [2.75, 3.05) is 19.8 Å². The Bertz CT molecular complexity index is 536. The highest BCUT2D eigenvalue weighted by Gasteiger charge is 2.28. The van der Waals surface area contributed by atoms with Crippen molar-refractivity contribution in [3.05, 3.63) is 34.9 Å². The predicted molar refractivity (Wildman–Crippen MR) is 96.5 cm³/mol. The monoisotopic (exact) mass is 350 g/mol. The van der Waals surface area contributed by atoms with Crippen LogP contribution >= 0.6 is 0 Å². The molecule has 140 valence electrons. The summed E-state index contributed by atoms with van der Waals surface area (Å²) in [5.74, 6) is 0.280. The van der Waals surface area contributed by atoms with Crippen molar-refractivity contribution in [2.24, 2.45) is 5.41 Å². The van der Waals surface area contributed by atoms with Gasteiger partial charge in [0.05, 0.1) is 26.2 Å². The number of aliphatic hydroxyl groups is 3. The zero-order valence-corrected chi connectivity index (χ0v) is 15.4. The summed E-state index contributed by atoms with van der Waals surface area (Å²) in [5, 5.41) is 26.0. The zero-order valence-electron chi connectivity index (χ0n) is 15.4. The lowest BCUT2D eigenvalue weighted by Gasteiger charge is -2.24. The molecule has 1 aromatic rings. The van der Waals surface area contributed by atoms with Gasteiger partial charge in [-0.15, -0.1) is 0 Å². The van der Waals surface area contributed by atoms with E-state index in [1.807, 2.05) is 39.0 Å². The fourth-order valence-electron chi connectivity index (χ4n) is 3.15. The third-order valence-electron chi connectivity index (χ3n) is 5.05. The summed E-state index contributed by atoms with van der Waals surface area (Å²) in [4.78, 5) is 22.9. The Hall–Kier alpha value is -1.56. The van der Waals surface area contributed by atoms with E-state index >= 15 is 0 Å². The average Bonchev–Trinajstić information content (AvgIpc) is 2.57. The fourth-order valence-corrected chi connectivity index (χ4v) is 3.15. The van der Waals surface area contributed by atoms with Crippen molar-refractivity contribution in [2.45, 2.75) is 52.4 Å². The van der Waals surface area contributed by atoms with E-state index in [4.69, 9.17) is 15.3 Å². The van der Waals surface area contributed by atoms with E-state index in [-0.39, 0.29) is 43.7 Å².